The van der Waals surface area contributed by atoms with Crippen molar-refractivity contribution in [2.24, 2.45) is 0 Å². The molecule has 1 saturated heterocycles. The van der Waals surface area contributed by atoms with Gasteiger partial charge in [-0.15, -0.1) is 11.8 Å². The quantitative estimate of drug-likeness (QED) is 0.121. The molecule has 0 amide bonds. The largest absolute Gasteiger partial charge is 0.495 e. The van der Waals surface area contributed by atoms with E-state index in [0.29, 0.717) is 48.3 Å². The van der Waals surface area contributed by atoms with E-state index >= 15 is 0 Å². The molecule has 0 saturated carbocycles. The summed E-state index contributed by atoms with van der Waals surface area (Å²) >= 11 is 1.58. The fourth-order valence-electron chi connectivity index (χ4n) is 5.22. The molecule has 4 rings (SSSR count). The van der Waals surface area contributed by atoms with Crippen molar-refractivity contribution in [2.45, 2.75) is 48.8 Å². The molecule has 1 atom stereocenters. The van der Waals surface area contributed by atoms with E-state index in [2.05, 4.69) is 27.2 Å². The summed E-state index contributed by atoms with van der Waals surface area (Å²) in [6, 6.07) is 12.5. The van der Waals surface area contributed by atoms with Crippen LogP contribution < -0.4 is 15.4 Å². The van der Waals surface area contributed by atoms with E-state index in [0.717, 1.165) is 10.6 Å². The van der Waals surface area contributed by atoms with Crippen LogP contribution in [0.1, 0.15) is 18.5 Å². The molecule has 0 bridgehead atoms. The van der Waals surface area contributed by atoms with Crippen LogP contribution in [0.3, 0.4) is 0 Å². The monoisotopic (exact) mass is 658 g/mol. The number of hydrogen-bond donors (Lipinski definition) is 3. The Morgan fingerprint density at radius 1 is 1.04 bits per heavy atom. The fraction of sp³-hybridized carbons (Fsp3) is 0.484. The number of β-amino-alcohol motifs (C(OH)–C–C–N with tert-alkyl or cyclic N) is 1. The van der Waals surface area contributed by atoms with Crippen molar-refractivity contribution in [1.82, 2.24) is 9.47 Å². The number of ether oxygens (including phenoxy) is 2. The number of thioether (sulfide) groups is 1. The highest BCUT2D eigenvalue weighted by atomic mass is 32.2. The molecule has 0 radical (unpaired) electrons. The van der Waals surface area contributed by atoms with Gasteiger partial charge in [0.25, 0.3) is 0 Å². The van der Waals surface area contributed by atoms with Crippen LogP contribution >= 0.6 is 11.8 Å². The molecule has 14 heteroatoms. The third-order valence-electron chi connectivity index (χ3n) is 7.27. The predicted molar refractivity (Wildman–Crippen MR) is 164 cm³/mol. The standard InChI is InChI=1S/C31H36F6N4O3S/c1-43-29-16-24(45-2)8-9-27(29)38-12-4-5-22-15-25-26(6-3-7-28(25)41(22)19-30(32,33)34)39-21-10-13-40(14-11-21)17-23(42)18-44-20-31(35,36)37/h3,6-9,15-16,21,23,38-39,42H,10-14,17-20H2,1-2H3. The minimum Gasteiger partial charge on any atom is -0.495 e. The van der Waals surface area contributed by atoms with Gasteiger partial charge in [-0.25, -0.2) is 0 Å². The second-order valence-corrected chi connectivity index (χ2v) is 11.6. The Morgan fingerprint density at radius 2 is 1.80 bits per heavy atom. The van der Waals surface area contributed by atoms with Crippen LogP contribution in [0.4, 0.5) is 37.7 Å². The van der Waals surface area contributed by atoms with Crippen molar-refractivity contribution in [1.29, 1.82) is 0 Å². The Balaban J connectivity index is 1.42. The Morgan fingerprint density at radius 3 is 2.47 bits per heavy atom. The van der Waals surface area contributed by atoms with Crippen LogP contribution in [-0.4, -0.2) is 91.8 Å². The fourth-order valence-corrected chi connectivity index (χ4v) is 5.65. The Bertz CT molecular complexity index is 1480. The molecule has 7 nitrogen and oxygen atoms in total. The van der Waals surface area contributed by atoms with Gasteiger partial charge in [-0.3, -0.25) is 0 Å². The van der Waals surface area contributed by atoms with E-state index in [1.165, 1.54) is 4.57 Å². The lowest BCUT2D eigenvalue weighted by Crippen LogP contribution is -2.43. The first-order chi connectivity index (χ1) is 21.3. The van der Waals surface area contributed by atoms with Gasteiger partial charge in [0.1, 0.15) is 18.9 Å². The highest BCUT2D eigenvalue weighted by molar-refractivity contribution is 7.98. The molecule has 3 N–H and O–H groups in total. The van der Waals surface area contributed by atoms with E-state index in [4.69, 9.17) is 4.74 Å². The van der Waals surface area contributed by atoms with Gasteiger partial charge in [0.05, 0.1) is 43.3 Å². The SMILES string of the molecule is COc1cc(SC)ccc1NCC#Cc1cc2c(NC3CCN(CC(O)COCC(F)(F)F)CC3)cccc2n1CC(F)(F)F. The molecular formula is C31H36F6N4O3S. The van der Waals surface area contributed by atoms with Gasteiger partial charge in [0, 0.05) is 41.6 Å². The summed E-state index contributed by atoms with van der Waals surface area (Å²) < 4.78 is 88.8. The van der Waals surface area contributed by atoms with Crippen molar-refractivity contribution >= 4 is 34.0 Å². The first-order valence-corrected chi connectivity index (χ1v) is 15.5. The van der Waals surface area contributed by atoms with Gasteiger partial charge >= 0.3 is 12.4 Å². The number of halogens is 6. The zero-order valence-corrected chi connectivity index (χ0v) is 25.7. The van der Waals surface area contributed by atoms with Crippen LogP contribution in [0.25, 0.3) is 10.9 Å². The molecule has 1 unspecified atom stereocenters. The molecule has 1 aliphatic heterocycles. The molecule has 1 fully saturated rings. The number of nitrogens with zero attached hydrogens (tertiary/aromatic N) is 2. The second-order valence-electron chi connectivity index (χ2n) is 10.7. The zero-order valence-electron chi connectivity index (χ0n) is 24.9. The number of hydrogen-bond acceptors (Lipinski definition) is 7. The van der Waals surface area contributed by atoms with Gasteiger partial charge in [-0.1, -0.05) is 12.0 Å². The molecule has 2 heterocycles. The number of piperidine rings is 1. The number of benzene rings is 2. The molecule has 2 aromatic carbocycles. The van der Waals surface area contributed by atoms with E-state index in [1.807, 2.05) is 35.4 Å². The molecule has 1 aromatic heterocycles. The van der Waals surface area contributed by atoms with Crippen LogP contribution in [0.15, 0.2) is 47.4 Å². The van der Waals surface area contributed by atoms with Crippen molar-refractivity contribution in [3.63, 3.8) is 0 Å². The second kappa shape index (κ2) is 15.4. The van der Waals surface area contributed by atoms with Gasteiger partial charge in [-0.05, 0) is 61.4 Å². The van der Waals surface area contributed by atoms with Crippen molar-refractivity contribution in [3.05, 3.63) is 48.2 Å². The maximum absolute atomic E-state index is 13.6. The number of alkyl halides is 6. The molecular weight excluding hydrogens is 622 g/mol. The Labute approximate surface area is 262 Å². The third-order valence-corrected chi connectivity index (χ3v) is 7.99. The number of rotatable bonds is 12. The van der Waals surface area contributed by atoms with Crippen molar-refractivity contribution in [3.8, 4) is 17.6 Å². The van der Waals surface area contributed by atoms with E-state index in [-0.39, 0.29) is 24.8 Å². The lowest BCUT2D eigenvalue weighted by molar-refractivity contribution is -0.179. The summed E-state index contributed by atoms with van der Waals surface area (Å²) in [5, 5.41) is 17.3. The smallest absolute Gasteiger partial charge is 0.411 e. The Kier molecular flexibility index (Phi) is 11.8. The number of fused-ring (bicyclic) bond motifs is 1. The normalized spacial score (nSPS) is 15.5. The molecule has 0 aliphatic carbocycles. The van der Waals surface area contributed by atoms with Crippen LogP contribution in [0, 0.1) is 11.8 Å². The molecule has 0 spiro atoms. The van der Waals surface area contributed by atoms with Crippen LogP contribution in [-0.2, 0) is 11.3 Å². The minimum atomic E-state index is -4.45. The average molecular weight is 659 g/mol. The van der Waals surface area contributed by atoms with Gasteiger partial charge in [0.2, 0.25) is 0 Å². The summed E-state index contributed by atoms with van der Waals surface area (Å²) in [7, 11) is 1.56. The number of likely N-dealkylation sites (tertiary alicyclic amines) is 1. The maximum Gasteiger partial charge on any atom is 0.411 e. The maximum atomic E-state index is 13.6. The predicted octanol–water partition coefficient (Wildman–Crippen LogP) is 6.21. The van der Waals surface area contributed by atoms with E-state index in [9.17, 15) is 31.4 Å². The third kappa shape index (κ3) is 10.4. The molecule has 45 heavy (non-hydrogen) atoms. The summed E-state index contributed by atoms with van der Waals surface area (Å²) in [5.74, 6) is 6.49. The van der Waals surface area contributed by atoms with E-state index < -0.39 is 38.2 Å². The highest BCUT2D eigenvalue weighted by Gasteiger charge is 2.31. The zero-order chi connectivity index (χ0) is 32.6. The van der Waals surface area contributed by atoms with E-state index in [1.54, 1.807) is 37.1 Å². The van der Waals surface area contributed by atoms with Crippen LogP contribution in [0.5, 0.6) is 5.75 Å². The lowest BCUT2D eigenvalue weighted by atomic mass is 10.0. The topological polar surface area (TPSA) is 70.9 Å². The molecule has 3 aromatic rings. The highest BCUT2D eigenvalue weighted by Crippen LogP contribution is 2.32. The van der Waals surface area contributed by atoms with Crippen molar-refractivity contribution in [2.75, 3.05) is 63.4 Å². The first-order valence-electron chi connectivity index (χ1n) is 14.3. The first kappa shape index (κ1) is 34.6. The number of nitrogens with one attached hydrogen (secondary N) is 2. The average Bonchev–Trinajstić information content (AvgIpc) is 3.32. The number of anilines is 2. The number of methoxy groups -OCH3 is 1. The van der Waals surface area contributed by atoms with Crippen molar-refractivity contribution < 1.29 is 40.9 Å². The summed E-state index contributed by atoms with van der Waals surface area (Å²) in [6.45, 7) is -1.44. The summed E-state index contributed by atoms with van der Waals surface area (Å²) in [5.41, 5.74) is 2.05. The summed E-state index contributed by atoms with van der Waals surface area (Å²) in [6.07, 6.45) is -6.63. The number of aliphatic hydroxyl groups excluding tert-OH is 1. The number of aromatic nitrogens is 1. The van der Waals surface area contributed by atoms with Gasteiger partial charge in [0.15, 0.2) is 0 Å². The molecule has 246 valence electrons. The molecule has 1 aliphatic rings. The number of aliphatic hydroxyl groups is 1. The van der Waals surface area contributed by atoms with Gasteiger partial charge in [-0.2, -0.15) is 26.3 Å². The Hall–Kier alpha value is -3.25. The lowest BCUT2D eigenvalue weighted by Gasteiger charge is -2.34. The van der Waals surface area contributed by atoms with Gasteiger partial charge < -0.3 is 34.7 Å². The summed E-state index contributed by atoms with van der Waals surface area (Å²) in [4.78, 5) is 2.98. The van der Waals surface area contributed by atoms with Crippen LogP contribution in [0.2, 0.25) is 0 Å². The minimum absolute atomic E-state index is 0.0163.